The van der Waals surface area contributed by atoms with Crippen LogP contribution in [0.4, 0.5) is 5.69 Å². The number of benzene rings is 3. The molecule has 1 aromatic heterocycles. The normalized spacial score (nSPS) is 17.1. The van der Waals surface area contributed by atoms with Gasteiger partial charge < -0.3 is 24.5 Å². The smallest absolute Gasteiger partial charge is 0.274 e. The highest BCUT2D eigenvalue weighted by Gasteiger charge is 2.35. The molecule has 3 aromatic carbocycles. The second kappa shape index (κ2) is 6.31. The maximum atomic E-state index is 13.5. The number of fused-ring (bicyclic) bond motifs is 6. The molecule has 7 heteroatoms. The Kier molecular flexibility index (Phi) is 3.67. The molecule has 150 valence electrons. The molecule has 0 aliphatic carbocycles. The Bertz CT molecular complexity index is 1350. The summed E-state index contributed by atoms with van der Waals surface area (Å²) in [5.41, 5.74) is 2.95. The second-order valence-corrected chi connectivity index (χ2v) is 7.89. The van der Waals surface area contributed by atoms with Gasteiger partial charge in [-0.3, -0.25) is 4.79 Å². The van der Waals surface area contributed by atoms with Gasteiger partial charge in [0.25, 0.3) is 5.91 Å². The summed E-state index contributed by atoms with van der Waals surface area (Å²) >= 11 is 6.28. The van der Waals surface area contributed by atoms with Crippen LogP contribution in [0.2, 0.25) is 0 Å². The first-order valence-corrected chi connectivity index (χ1v) is 10.2. The number of aromatic nitrogens is 1. The van der Waals surface area contributed by atoms with Crippen LogP contribution < -0.4 is 14.4 Å². The molecule has 2 aliphatic heterocycles. The fraction of sp³-hybridized carbons (Fsp3) is 0.174. The number of phenols is 1. The van der Waals surface area contributed by atoms with Crippen LogP contribution in [0.25, 0.3) is 21.7 Å². The molecule has 0 bridgehead atoms. The summed E-state index contributed by atoms with van der Waals surface area (Å²) < 4.78 is 11.0. The Balaban J connectivity index is 1.48. The SMILES string of the molecule is O=C(c1cc2c3c(ccc2[nH]1)OCO3)N1C[C@@H](CCl)c2c1cc(O)c1ccccc21. The standard InChI is InChI=1S/C23H17ClN2O4/c24-9-12-10-26(18-8-19(27)13-3-1-2-4-14(13)21(12)18)23(28)17-7-15-16(25-17)5-6-20-22(15)30-11-29-20/h1-8,12,25,27H,9-11H2/t12-/m1/s1. The van der Waals surface area contributed by atoms with Crippen LogP contribution in [-0.4, -0.2) is 35.2 Å². The van der Waals surface area contributed by atoms with Crippen molar-refractivity contribution in [3.8, 4) is 17.2 Å². The number of rotatable bonds is 2. The molecule has 6 nitrogen and oxygen atoms in total. The van der Waals surface area contributed by atoms with E-state index in [1.54, 1.807) is 17.0 Å². The highest BCUT2D eigenvalue weighted by molar-refractivity contribution is 6.19. The summed E-state index contributed by atoms with van der Waals surface area (Å²) in [7, 11) is 0. The van der Waals surface area contributed by atoms with Crippen molar-refractivity contribution in [2.24, 2.45) is 0 Å². The highest BCUT2D eigenvalue weighted by Crippen LogP contribution is 2.46. The van der Waals surface area contributed by atoms with Crippen LogP contribution >= 0.6 is 11.6 Å². The molecule has 0 unspecified atom stereocenters. The molecule has 0 saturated carbocycles. The Labute approximate surface area is 176 Å². The van der Waals surface area contributed by atoms with Crippen LogP contribution in [0.5, 0.6) is 17.2 Å². The lowest BCUT2D eigenvalue weighted by Crippen LogP contribution is -2.30. The van der Waals surface area contributed by atoms with Gasteiger partial charge in [0.1, 0.15) is 11.4 Å². The zero-order valence-corrected chi connectivity index (χ0v) is 16.6. The van der Waals surface area contributed by atoms with Gasteiger partial charge in [-0.15, -0.1) is 11.6 Å². The molecule has 30 heavy (non-hydrogen) atoms. The van der Waals surface area contributed by atoms with Gasteiger partial charge in [0, 0.05) is 35.2 Å². The van der Waals surface area contributed by atoms with E-state index in [0.29, 0.717) is 35.3 Å². The second-order valence-electron chi connectivity index (χ2n) is 7.58. The Morgan fingerprint density at radius 1 is 1.13 bits per heavy atom. The van der Waals surface area contributed by atoms with Gasteiger partial charge in [0.2, 0.25) is 6.79 Å². The van der Waals surface area contributed by atoms with Crippen LogP contribution in [0.3, 0.4) is 0 Å². The highest BCUT2D eigenvalue weighted by atomic mass is 35.5. The largest absolute Gasteiger partial charge is 0.507 e. The third kappa shape index (κ3) is 2.34. The number of amides is 1. The zero-order chi connectivity index (χ0) is 20.4. The molecule has 0 fully saturated rings. The molecule has 0 saturated heterocycles. The molecule has 1 amide bonds. The lowest BCUT2D eigenvalue weighted by Gasteiger charge is -2.17. The topological polar surface area (TPSA) is 74.8 Å². The third-order valence-corrected chi connectivity index (χ3v) is 6.31. The minimum atomic E-state index is -0.178. The molecular formula is C23H17ClN2O4. The van der Waals surface area contributed by atoms with Gasteiger partial charge in [-0.25, -0.2) is 0 Å². The van der Waals surface area contributed by atoms with Gasteiger partial charge in [-0.2, -0.15) is 0 Å². The molecule has 0 spiro atoms. The number of carbonyl (C=O) groups is 1. The van der Waals surface area contributed by atoms with Crippen molar-refractivity contribution in [2.75, 3.05) is 24.1 Å². The predicted molar refractivity (Wildman–Crippen MR) is 115 cm³/mol. The summed E-state index contributed by atoms with van der Waals surface area (Å²) in [6.07, 6.45) is 0. The van der Waals surface area contributed by atoms with Crippen molar-refractivity contribution in [2.45, 2.75) is 5.92 Å². The van der Waals surface area contributed by atoms with Crippen LogP contribution in [0.15, 0.2) is 48.5 Å². The Hall–Kier alpha value is -3.38. The number of carbonyl (C=O) groups excluding carboxylic acids is 1. The number of hydrogen-bond acceptors (Lipinski definition) is 4. The molecule has 2 aliphatic rings. The number of halogens is 1. The van der Waals surface area contributed by atoms with E-state index >= 15 is 0 Å². The lowest BCUT2D eigenvalue weighted by atomic mass is 9.95. The predicted octanol–water partition coefficient (Wildman–Crippen LogP) is 4.74. The van der Waals surface area contributed by atoms with Gasteiger partial charge in [0.15, 0.2) is 11.5 Å². The fourth-order valence-electron chi connectivity index (χ4n) is 4.58. The first kappa shape index (κ1) is 17.5. The first-order valence-electron chi connectivity index (χ1n) is 9.69. The van der Waals surface area contributed by atoms with Gasteiger partial charge in [-0.1, -0.05) is 24.3 Å². The fourth-order valence-corrected chi connectivity index (χ4v) is 4.83. The number of H-pyrrole nitrogens is 1. The van der Waals surface area contributed by atoms with E-state index in [0.717, 1.165) is 27.2 Å². The number of alkyl halides is 1. The molecule has 0 radical (unpaired) electrons. The Morgan fingerprint density at radius 2 is 1.97 bits per heavy atom. The minimum absolute atomic E-state index is 0.0125. The number of ether oxygens (including phenoxy) is 2. The maximum absolute atomic E-state index is 13.5. The number of nitrogens with zero attached hydrogens (tertiary/aromatic N) is 1. The van der Waals surface area contributed by atoms with E-state index in [4.69, 9.17) is 21.1 Å². The average molecular weight is 421 g/mol. The third-order valence-electron chi connectivity index (χ3n) is 5.94. The summed E-state index contributed by atoms with van der Waals surface area (Å²) in [5, 5.41) is 13.1. The molecular weight excluding hydrogens is 404 g/mol. The van der Waals surface area contributed by atoms with Crippen molar-refractivity contribution >= 4 is 44.9 Å². The number of nitrogens with one attached hydrogen (secondary N) is 1. The van der Waals surface area contributed by atoms with E-state index in [1.807, 2.05) is 36.4 Å². The van der Waals surface area contributed by atoms with Crippen LogP contribution in [-0.2, 0) is 0 Å². The summed E-state index contributed by atoms with van der Waals surface area (Å²) in [4.78, 5) is 18.4. The number of anilines is 1. The van der Waals surface area contributed by atoms with Crippen molar-refractivity contribution in [3.05, 3.63) is 59.8 Å². The maximum Gasteiger partial charge on any atom is 0.274 e. The quantitative estimate of drug-likeness (QED) is 0.459. The average Bonchev–Trinajstić information content (AvgIpc) is 3.48. The summed E-state index contributed by atoms with van der Waals surface area (Å²) in [5.74, 6) is 1.66. The van der Waals surface area contributed by atoms with Crippen LogP contribution in [0, 0.1) is 0 Å². The number of aromatic amines is 1. The summed E-state index contributed by atoms with van der Waals surface area (Å²) in [6, 6.07) is 14.8. The van der Waals surface area contributed by atoms with Crippen LogP contribution in [0.1, 0.15) is 22.0 Å². The molecule has 6 rings (SSSR count). The number of aromatic hydroxyl groups is 1. The lowest BCUT2D eigenvalue weighted by molar-refractivity contribution is 0.0984. The first-order chi connectivity index (χ1) is 14.7. The minimum Gasteiger partial charge on any atom is -0.507 e. The van der Waals surface area contributed by atoms with Crippen molar-refractivity contribution in [1.29, 1.82) is 0 Å². The molecule has 2 N–H and O–H groups in total. The van der Waals surface area contributed by atoms with E-state index in [-0.39, 0.29) is 24.4 Å². The van der Waals surface area contributed by atoms with E-state index in [1.165, 1.54) is 0 Å². The zero-order valence-electron chi connectivity index (χ0n) is 15.8. The molecule has 1 atom stereocenters. The van der Waals surface area contributed by atoms with Gasteiger partial charge in [-0.05, 0) is 29.1 Å². The van der Waals surface area contributed by atoms with E-state index in [2.05, 4.69) is 4.98 Å². The van der Waals surface area contributed by atoms with E-state index in [9.17, 15) is 9.90 Å². The molecule has 3 heterocycles. The Morgan fingerprint density at radius 3 is 2.80 bits per heavy atom. The summed E-state index contributed by atoms with van der Waals surface area (Å²) in [6.45, 7) is 0.629. The number of phenolic OH excluding ortho intramolecular Hbond substituents is 1. The van der Waals surface area contributed by atoms with Crippen molar-refractivity contribution in [3.63, 3.8) is 0 Å². The monoisotopic (exact) mass is 420 g/mol. The number of hydrogen-bond donors (Lipinski definition) is 2. The van der Waals surface area contributed by atoms with Crippen molar-refractivity contribution in [1.82, 2.24) is 4.98 Å². The van der Waals surface area contributed by atoms with E-state index < -0.39 is 0 Å². The molecule has 4 aromatic rings. The van der Waals surface area contributed by atoms with Gasteiger partial charge in [0.05, 0.1) is 11.2 Å². The van der Waals surface area contributed by atoms with Crippen molar-refractivity contribution < 1.29 is 19.4 Å². The van der Waals surface area contributed by atoms with Gasteiger partial charge >= 0.3 is 0 Å².